The third kappa shape index (κ3) is 2.99. The molecule has 3 nitrogen and oxygen atoms in total. The van der Waals surface area contributed by atoms with Crippen molar-refractivity contribution in [3.05, 3.63) is 35.9 Å². The van der Waals surface area contributed by atoms with E-state index >= 15 is 0 Å². The molecule has 92 valence electrons. The topological polar surface area (TPSA) is 29.5 Å². The summed E-state index contributed by atoms with van der Waals surface area (Å²) in [4.78, 5) is 14.0. The van der Waals surface area contributed by atoms with Crippen LogP contribution in [0.1, 0.15) is 17.9 Å². The second kappa shape index (κ2) is 5.52. The van der Waals surface area contributed by atoms with Gasteiger partial charge in [0.25, 0.3) is 0 Å². The molecule has 0 N–H and O–H groups in total. The largest absolute Gasteiger partial charge is 0.375 e. The molecule has 0 aliphatic carbocycles. The first-order chi connectivity index (χ1) is 8.18. The van der Waals surface area contributed by atoms with Gasteiger partial charge in [-0.05, 0) is 12.5 Å². The molecule has 1 aromatic rings. The number of morpholine rings is 1. The molecular weight excluding hydrogens is 238 g/mol. The molecule has 1 fully saturated rings. The number of carbonyl (C=O) groups is 1. The Balaban J connectivity index is 2.04. The molecule has 1 heterocycles. The van der Waals surface area contributed by atoms with Gasteiger partial charge in [-0.3, -0.25) is 4.79 Å². The predicted molar refractivity (Wildman–Crippen MR) is 67.0 cm³/mol. The van der Waals surface area contributed by atoms with Gasteiger partial charge in [-0.1, -0.05) is 30.3 Å². The second-order valence-corrected chi connectivity index (χ2v) is 4.68. The molecule has 0 radical (unpaired) electrons. The average molecular weight is 254 g/mol. The fourth-order valence-electron chi connectivity index (χ4n) is 1.94. The van der Waals surface area contributed by atoms with Crippen LogP contribution in [-0.4, -0.2) is 36.6 Å². The van der Waals surface area contributed by atoms with Gasteiger partial charge in [-0.2, -0.15) is 0 Å². The summed E-state index contributed by atoms with van der Waals surface area (Å²) in [6.07, 6.45) is 0.0901. The van der Waals surface area contributed by atoms with Crippen LogP contribution in [0.25, 0.3) is 0 Å². The van der Waals surface area contributed by atoms with E-state index in [1.54, 1.807) is 4.90 Å². The second-order valence-electron chi connectivity index (χ2n) is 4.24. The molecule has 2 rings (SSSR count). The average Bonchev–Trinajstić information content (AvgIpc) is 2.38. The number of hydrogen-bond acceptors (Lipinski definition) is 2. The first-order valence-electron chi connectivity index (χ1n) is 5.78. The van der Waals surface area contributed by atoms with Crippen LogP contribution in [0, 0.1) is 0 Å². The lowest BCUT2D eigenvalue weighted by Crippen LogP contribution is -2.45. The molecule has 0 bridgehead atoms. The van der Waals surface area contributed by atoms with E-state index in [4.69, 9.17) is 16.3 Å². The van der Waals surface area contributed by atoms with Crippen LogP contribution in [0.5, 0.6) is 0 Å². The van der Waals surface area contributed by atoms with Gasteiger partial charge in [0.1, 0.15) is 5.38 Å². The van der Waals surface area contributed by atoms with E-state index in [-0.39, 0.29) is 12.0 Å². The number of benzene rings is 1. The summed E-state index contributed by atoms with van der Waals surface area (Å²) in [5.41, 5.74) is 0.846. The van der Waals surface area contributed by atoms with Crippen molar-refractivity contribution < 1.29 is 9.53 Å². The molecule has 1 aliphatic heterocycles. The third-order valence-electron chi connectivity index (χ3n) is 2.86. The molecule has 2 unspecified atom stereocenters. The fourth-order valence-corrected chi connectivity index (χ4v) is 2.23. The monoisotopic (exact) mass is 253 g/mol. The smallest absolute Gasteiger partial charge is 0.245 e. The Morgan fingerprint density at radius 3 is 2.82 bits per heavy atom. The van der Waals surface area contributed by atoms with Crippen molar-refractivity contribution >= 4 is 17.5 Å². The van der Waals surface area contributed by atoms with Crippen LogP contribution in [-0.2, 0) is 9.53 Å². The number of carbonyl (C=O) groups excluding carboxylic acids is 1. The SMILES string of the molecule is CC1CN(C(=O)C(Cl)c2ccccc2)CCO1. The van der Waals surface area contributed by atoms with Crippen LogP contribution in [0.2, 0.25) is 0 Å². The summed E-state index contributed by atoms with van der Waals surface area (Å²) in [7, 11) is 0. The number of ether oxygens (including phenoxy) is 1. The maximum atomic E-state index is 12.2. The lowest BCUT2D eigenvalue weighted by atomic mass is 10.1. The lowest BCUT2D eigenvalue weighted by Gasteiger charge is -2.32. The van der Waals surface area contributed by atoms with Crippen molar-refractivity contribution in [1.82, 2.24) is 4.90 Å². The summed E-state index contributed by atoms with van der Waals surface area (Å²) in [6.45, 7) is 3.80. The fraction of sp³-hybridized carbons (Fsp3) is 0.462. The number of rotatable bonds is 2. The van der Waals surface area contributed by atoms with Crippen molar-refractivity contribution in [2.24, 2.45) is 0 Å². The Bertz CT molecular complexity index is 382. The molecule has 4 heteroatoms. The van der Waals surface area contributed by atoms with Crippen molar-refractivity contribution in [1.29, 1.82) is 0 Å². The number of nitrogens with zero attached hydrogens (tertiary/aromatic N) is 1. The maximum Gasteiger partial charge on any atom is 0.245 e. The van der Waals surface area contributed by atoms with Gasteiger partial charge in [-0.25, -0.2) is 0 Å². The van der Waals surface area contributed by atoms with E-state index in [0.29, 0.717) is 19.7 Å². The van der Waals surface area contributed by atoms with E-state index in [2.05, 4.69) is 0 Å². The lowest BCUT2D eigenvalue weighted by molar-refractivity contribution is -0.137. The molecule has 0 aromatic heterocycles. The maximum absolute atomic E-state index is 12.2. The highest BCUT2D eigenvalue weighted by atomic mass is 35.5. The van der Waals surface area contributed by atoms with Gasteiger partial charge >= 0.3 is 0 Å². The Labute approximate surface area is 106 Å². The van der Waals surface area contributed by atoms with Gasteiger partial charge in [0, 0.05) is 13.1 Å². The van der Waals surface area contributed by atoms with Gasteiger partial charge in [0.05, 0.1) is 12.7 Å². The zero-order chi connectivity index (χ0) is 12.3. The third-order valence-corrected chi connectivity index (χ3v) is 3.30. The van der Waals surface area contributed by atoms with Gasteiger partial charge in [0.2, 0.25) is 5.91 Å². The minimum absolute atomic E-state index is 0.0342. The van der Waals surface area contributed by atoms with E-state index < -0.39 is 5.38 Å². The highest BCUT2D eigenvalue weighted by Crippen LogP contribution is 2.23. The normalized spacial score (nSPS) is 22.2. The summed E-state index contributed by atoms with van der Waals surface area (Å²) in [5, 5.41) is -0.596. The zero-order valence-corrected chi connectivity index (χ0v) is 10.6. The van der Waals surface area contributed by atoms with Gasteiger partial charge < -0.3 is 9.64 Å². The quantitative estimate of drug-likeness (QED) is 0.757. The molecule has 0 spiro atoms. The van der Waals surface area contributed by atoms with Crippen molar-refractivity contribution in [3.63, 3.8) is 0 Å². The number of amides is 1. The Morgan fingerprint density at radius 2 is 2.18 bits per heavy atom. The highest BCUT2D eigenvalue weighted by molar-refractivity contribution is 6.30. The zero-order valence-electron chi connectivity index (χ0n) is 9.80. The van der Waals surface area contributed by atoms with Crippen LogP contribution in [0.4, 0.5) is 0 Å². The Kier molecular flexibility index (Phi) is 4.02. The molecule has 1 aliphatic rings. The van der Waals surface area contributed by atoms with Crippen LogP contribution >= 0.6 is 11.6 Å². The summed E-state index contributed by atoms with van der Waals surface area (Å²) < 4.78 is 5.41. The molecule has 1 aromatic carbocycles. The predicted octanol–water partition coefficient (Wildman–Crippen LogP) is 2.21. The van der Waals surface area contributed by atoms with Gasteiger partial charge in [-0.15, -0.1) is 11.6 Å². The van der Waals surface area contributed by atoms with Crippen molar-refractivity contribution in [3.8, 4) is 0 Å². The minimum Gasteiger partial charge on any atom is -0.375 e. The summed E-state index contributed by atoms with van der Waals surface area (Å²) in [5.74, 6) is -0.0342. The number of alkyl halides is 1. The number of halogens is 1. The molecule has 1 amide bonds. The highest BCUT2D eigenvalue weighted by Gasteiger charge is 2.27. The minimum atomic E-state index is -0.596. The molecule has 2 atom stereocenters. The van der Waals surface area contributed by atoms with E-state index in [1.807, 2.05) is 37.3 Å². The standard InChI is InChI=1S/C13H16ClNO2/c1-10-9-15(7-8-17-10)13(16)12(14)11-5-3-2-4-6-11/h2-6,10,12H,7-9H2,1H3. The van der Waals surface area contributed by atoms with Crippen LogP contribution < -0.4 is 0 Å². The van der Waals surface area contributed by atoms with E-state index in [9.17, 15) is 4.79 Å². The van der Waals surface area contributed by atoms with Gasteiger partial charge in [0.15, 0.2) is 0 Å². The Morgan fingerprint density at radius 1 is 1.47 bits per heavy atom. The molecule has 0 saturated carbocycles. The molecule has 17 heavy (non-hydrogen) atoms. The Hall–Kier alpha value is -1.06. The number of hydrogen-bond donors (Lipinski definition) is 0. The van der Waals surface area contributed by atoms with Crippen LogP contribution in [0.3, 0.4) is 0 Å². The van der Waals surface area contributed by atoms with E-state index in [1.165, 1.54) is 0 Å². The first kappa shape index (κ1) is 12.4. The summed E-state index contributed by atoms with van der Waals surface area (Å²) >= 11 is 6.21. The van der Waals surface area contributed by atoms with Crippen molar-refractivity contribution in [2.45, 2.75) is 18.4 Å². The molecule has 1 saturated heterocycles. The summed E-state index contributed by atoms with van der Waals surface area (Å²) in [6, 6.07) is 9.44. The first-order valence-corrected chi connectivity index (χ1v) is 6.21. The van der Waals surface area contributed by atoms with Crippen molar-refractivity contribution in [2.75, 3.05) is 19.7 Å². The molecular formula is C13H16ClNO2. The van der Waals surface area contributed by atoms with E-state index in [0.717, 1.165) is 5.56 Å². The van der Waals surface area contributed by atoms with Crippen LogP contribution in [0.15, 0.2) is 30.3 Å².